The Morgan fingerprint density at radius 2 is 0.726 bits per heavy atom. The molecule has 0 amide bonds. The first-order valence-corrected chi connectivity index (χ1v) is 26.1. The highest BCUT2D eigenvalue weighted by Gasteiger charge is 2.17. The van der Waals surface area contributed by atoms with Crippen LogP contribution in [0.5, 0.6) is 0 Å². The van der Waals surface area contributed by atoms with Crippen LogP contribution >= 0.6 is 0 Å². The molecule has 0 rings (SSSR count). The molecule has 0 fully saturated rings. The SMILES string of the molecule is CC/C=C\C/C=C\C/C=C\C/C=C\CCCCCCC(=O)OCC(COCCCCCCCCCC/C=C\C/C=C\C/C=C\CC)OC(=O)CCCCCCCCCCCCC. The molecule has 0 radical (unpaired) electrons. The van der Waals surface area contributed by atoms with Crippen molar-refractivity contribution in [3.8, 4) is 0 Å². The van der Waals surface area contributed by atoms with E-state index < -0.39 is 6.10 Å². The van der Waals surface area contributed by atoms with Crippen LogP contribution in [0.3, 0.4) is 0 Å². The van der Waals surface area contributed by atoms with Crippen molar-refractivity contribution < 1.29 is 23.8 Å². The number of hydrogen-bond donors (Lipinski definition) is 0. The number of allylic oxidation sites excluding steroid dienone is 14. The fourth-order valence-corrected chi connectivity index (χ4v) is 7.10. The molecule has 0 saturated heterocycles. The van der Waals surface area contributed by atoms with E-state index in [4.69, 9.17) is 14.2 Å². The highest BCUT2D eigenvalue weighted by atomic mass is 16.6. The third-order valence-electron chi connectivity index (χ3n) is 10.9. The number of unbranched alkanes of at least 4 members (excludes halogenated alkanes) is 22. The Morgan fingerprint density at radius 1 is 0.371 bits per heavy atom. The molecule has 0 N–H and O–H groups in total. The molecular formula is C57H98O5. The van der Waals surface area contributed by atoms with E-state index in [1.54, 1.807) is 0 Å². The van der Waals surface area contributed by atoms with Gasteiger partial charge in [0.2, 0.25) is 0 Å². The van der Waals surface area contributed by atoms with Crippen LogP contribution in [0.4, 0.5) is 0 Å². The van der Waals surface area contributed by atoms with Gasteiger partial charge in [-0.3, -0.25) is 9.59 Å². The summed E-state index contributed by atoms with van der Waals surface area (Å²) in [5.74, 6) is -0.427. The van der Waals surface area contributed by atoms with Gasteiger partial charge in [0.25, 0.3) is 0 Å². The Labute approximate surface area is 384 Å². The third kappa shape index (κ3) is 49.7. The van der Waals surface area contributed by atoms with Gasteiger partial charge in [-0.05, 0) is 89.9 Å². The second-order valence-electron chi connectivity index (χ2n) is 17.0. The quantitative estimate of drug-likeness (QED) is 0.0346. The number of hydrogen-bond acceptors (Lipinski definition) is 5. The normalized spacial score (nSPS) is 12.9. The number of carbonyl (C=O) groups excluding carboxylic acids is 2. The maximum atomic E-state index is 12.8. The van der Waals surface area contributed by atoms with Crippen LogP contribution in [0.1, 0.15) is 239 Å². The molecule has 0 aliphatic rings. The Morgan fingerprint density at radius 3 is 1.16 bits per heavy atom. The maximum Gasteiger partial charge on any atom is 0.306 e. The first-order valence-electron chi connectivity index (χ1n) is 26.1. The minimum Gasteiger partial charge on any atom is -0.462 e. The minimum absolute atomic E-state index is 0.0679. The Balaban J connectivity index is 4.29. The smallest absolute Gasteiger partial charge is 0.306 e. The van der Waals surface area contributed by atoms with Crippen molar-refractivity contribution in [1.82, 2.24) is 0 Å². The number of ether oxygens (including phenoxy) is 3. The summed E-state index contributed by atoms with van der Waals surface area (Å²) in [4.78, 5) is 25.4. The van der Waals surface area contributed by atoms with Gasteiger partial charge in [-0.2, -0.15) is 0 Å². The summed E-state index contributed by atoms with van der Waals surface area (Å²) in [5, 5.41) is 0. The molecule has 62 heavy (non-hydrogen) atoms. The summed E-state index contributed by atoms with van der Waals surface area (Å²) in [6.07, 6.45) is 68.8. The first-order chi connectivity index (χ1) is 30.6. The van der Waals surface area contributed by atoms with E-state index in [2.05, 4.69) is 106 Å². The van der Waals surface area contributed by atoms with Gasteiger partial charge < -0.3 is 14.2 Å². The van der Waals surface area contributed by atoms with Crippen molar-refractivity contribution in [2.24, 2.45) is 0 Å². The van der Waals surface area contributed by atoms with Crippen LogP contribution in [0, 0.1) is 0 Å². The van der Waals surface area contributed by atoms with E-state index in [9.17, 15) is 9.59 Å². The zero-order valence-electron chi connectivity index (χ0n) is 40.9. The van der Waals surface area contributed by atoms with Gasteiger partial charge in [0.1, 0.15) is 6.61 Å². The van der Waals surface area contributed by atoms with Gasteiger partial charge in [0, 0.05) is 19.4 Å². The lowest BCUT2D eigenvalue weighted by Gasteiger charge is -2.18. The zero-order valence-corrected chi connectivity index (χ0v) is 40.9. The molecule has 0 bridgehead atoms. The molecule has 1 atom stereocenters. The molecule has 0 aliphatic carbocycles. The van der Waals surface area contributed by atoms with Gasteiger partial charge in [-0.1, -0.05) is 221 Å². The Bertz CT molecular complexity index is 1160. The van der Waals surface area contributed by atoms with Gasteiger partial charge >= 0.3 is 11.9 Å². The molecule has 5 nitrogen and oxygen atoms in total. The van der Waals surface area contributed by atoms with Crippen molar-refractivity contribution in [2.45, 2.75) is 245 Å². The summed E-state index contributed by atoms with van der Waals surface area (Å²) in [6, 6.07) is 0. The van der Waals surface area contributed by atoms with Gasteiger partial charge in [-0.15, -0.1) is 0 Å². The fraction of sp³-hybridized carbons (Fsp3) is 0.719. The molecule has 356 valence electrons. The van der Waals surface area contributed by atoms with Crippen molar-refractivity contribution in [3.63, 3.8) is 0 Å². The lowest BCUT2D eigenvalue weighted by molar-refractivity contribution is -0.163. The molecule has 0 aliphatic heterocycles. The molecule has 0 heterocycles. The number of carbonyl (C=O) groups is 2. The lowest BCUT2D eigenvalue weighted by Crippen LogP contribution is -2.30. The van der Waals surface area contributed by atoms with Gasteiger partial charge in [0.05, 0.1) is 6.61 Å². The fourth-order valence-electron chi connectivity index (χ4n) is 7.10. The molecule has 0 spiro atoms. The van der Waals surface area contributed by atoms with Crippen LogP contribution in [-0.4, -0.2) is 37.9 Å². The molecule has 5 heteroatoms. The van der Waals surface area contributed by atoms with Crippen molar-refractivity contribution in [1.29, 1.82) is 0 Å². The molecular weight excluding hydrogens is 765 g/mol. The highest BCUT2D eigenvalue weighted by molar-refractivity contribution is 5.70. The van der Waals surface area contributed by atoms with Crippen molar-refractivity contribution in [2.75, 3.05) is 19.8 Å². The second-order valence-corrected chi connectivity index (χ2v) is 17.0. The largest absolute Gasteiger partial charge is 0.462 e. The van der Waals surface area contributed by atoms with Gasteiger partial charge in [0.15, 0.2) is 6.10 Å². The summed E-state index contributed by atoms with van der Waals surface area (Å²) < 4.78 is 17.4. The zero-order chi connectivity index (χ0) is 44.9. The highest BCUT2D eigenvalue weighted by Crippen LogP contribution is 2.14. The predicted octanol–water partition coefficient (Wildman–Crippen LogP) is 17.7. The predicted molar refractivity (Wildman–Crippen MR) is 270 cm³/mol. The van der Waals surface area contributed by atoms with E-state index in [1.165, 1.54) is 103 Å². The Hall–Kier alpha value is -2.92. The number of esters is 2. The second kappa shape index (κ2) is 52.4. The average Bonchev–Trinajstić information content (AvgIpc) is 3.27. The summed E-state index contributed by atoms with van der Waals surface area (Å²) in [6.45, 7) is 7.57. The monoisotopic (exact) mass is 863 g/mol. The van der Waals surface area contributed by atoms with E-state index in [1.807, 2.05) is 0 Å². The molecule has 1 unspecified atom stereocenters. The minimum atomic E-state index is -0.551. The topological polar surface area (TPSA) is 61.8 Å². The number of rotatable bonds is 47. The van der Waals surface area contributed by atoms with E-state index in [-0.39, 0.29) is 25.2 Å². The van der Waals surface area contributed by atoms with Crippen LogP contribution < -0.4 is 0 Å². The van der Waals surface area contributed by atoms with Crippen molar-refractivity contribution >= 4 is 11.9 Å². The van der Waals surface area contributed by atoms with Gasteiger partial charge in [-0.25, -0.2) is 0 Å². The van der Waals surface area contributed by atoms with E-state index >= 15 is 0 Å². The first kappa shape index (κ1) is 59.1. The van der Waals surface area contributed by atoms with E-state index in [0.717, 1.165) is 103 Å². The summed E-state index contributed by atoms with van der Waals surface area (Å²) in [5.41, 5.74) is 0. The lowest BCUT2D eigenvalue weighted by atomic mass is 10.1. The summed E-state index contributed by atoms with van der Waals surface area (Å²) in [7, 11) is 0. The standard InChI is InChI=1S/C57H98O5/c1-4-7-10-13-16-19-22-24-26-28-30-32-34-37-40-43-46-49-52-60-53-55(62-57(59)51-48-45-42-39-35-21-18-15-12-9-6-3)54-61-56(58)50-47-44-41-38-36-33-31-29-27-25-23-20-17-14-11-8-5-2/h7-8,10-11,16-17,19-20,24-27,31,33,55H,4-6,9,12-15,18,21-23,28-30,32,34-54H2,1-3H3/b10-7-,11-8-,19-16-,20-17-,26-24-,27-25-,33-31-. The summed E-state index contributed by atoms with van der Waals surface area (Å²) >= 11 is 0. The molecule has 0 aromatic carbocycles. The maximum absolute atomic E-state index is 12.8. The van der Waals surface area contributed by atoms with Crippen LogP contribution in [0.2, 0.25) is 0 Å². The molecule has 0 aromatic heterocycles. The van der Waals surface area contributed by atoms with Crippen LogP contribution in [-0.2, 0) is 23.8 Å². The van der Waals surface area contributed by atoms with Crippen LogP contribution in [0.15, 0.2) is 85.1 Å². The average molecular weight is 863 g/mol. The van der Waals surface area contributed by atoms with Crippen molar-refractivity contribution in [3.05, 3.63) is 85.1 Å². The van der Waals surface area contributed by atoms with Crippen LogP contribution in [0.25, 0.3) is 0 Å². The Kier molecular flexibility index (Phi) is 50.0. The third-order valence-corrected chi connectivity index (χ3v) is 10.9. The molecule has 0 aromatic rings. The molecule has 0 saturated carbocycles. The van der Waals surface area contributed by atoms with E-state index in [0.29, 0.717) is 19.4 Å².